The third-order valence-electron chi connectivity index (χ3n) is 25.7. The van der Waals surface area contributed by atoms with Crippen molar-refractivity contribution < 1.29 is 23.6 Å². The van der Waals surface area contributed by atoms with E-state index in [1.807, 2.05) is 132 Å². The zero-order valence-corrected chi connectivity index (χ0v) is 83.2. The summed E-state index contributed by atoms with van der Waals surface area (Å²) in [6.45, 7) is 30.8. The van der Waals surface area contributed by atoms with Crippen molar-refractivity contribution in [2.24, 2.45) is 20.0 Å². The van der Waals surface area contributed by atoms with Crippen LogP contribution in [0.3, 0.4) is 0 Å². The molecule has 12 aromatic rings. The Hall–Kier alpha value is -12.6. The number of rotatable bonds is 20. The second-order valence-corrected chi connectivity index (χ2v) is 43.4. The average molecular weight is 1900 g/mol. The second kappa shape index (κ2) is 37.5. The van der Waals surface area contributed by atoms with Crippen molar-refractivity contribution in [1.29, 1.82) is 0 Å². The number of aliphatic imine (C=N–C) groups is 4. The monoisotopic (exact) mass is 1900 g/mol. The summed E-state index contributed by atoms with van der Waals surface area (Å²) in [5.74, 6) is 6.93. The third kappa shape index (κ3) is 17.9. The Morgan fingerprint density at radius 1 is 0.375 bits per heavy atom. The van der Waals surface area contributed by atoms with Crippen molar-refractivity contribution in [3.63, 3.8) is 0 Å². The molecule has 0 unspecified atom stereocenters. The lowest BCUT2D eigenvalue weighted by molar-refractivity contribution is 0.0853. The van der Waals surface area contributed by atoms with Crippen LogP contribution in [0, 0.1) is 26.7 Å². The molecule has 0 saturated heterocycles. The van der Waals surface area contributed by atoms with E-state index in [0.29, 0.717) is 91.2 Å². The number of anilines is 4. The number of carbonyl (C=O) groups excluding carboxylic acids is 4. The van der Waals surface area contributed by atoms with Gasteiger partial charge in [-0.3, -0.25) is 92.1 Å². The first kappa shape index (κ1) is 92.5. The van der Waals surface area contributed by atoms with Crippen LogP contribution in [0.15, 0.2) is 210 Å². The van der Waals surface area contributed by atoms with Gasteiger partial charge in [0.2, 0.25) is 29.8 Å². The third-order valence-corrected chi connectivity index (χ3v) is 29.9. The molecule has 2 aliphatic carbocycles. The number of fused-ring (bicyclic) bond motifs is 16. The van der Waals surface area contributed by atoms with E-state index in [2.05, 4.69) is 182 Å². The highest BCUT2D eigenvalue weighted by atomic mass is 32.2. The number of aryl methyl sites for hydroxylation is 3. The Morgan fingerprint density at radius 3 is 0.993 bits per heavy atom. The van der Waals surface area contributed by atoms with Crippen molar-refractivity contribution in [1.82, 2.24) is 78.7 Å². The standard InChI is InChI=1S/C27H30N6OS.C26H28N6OS.C25H27FN6OS.C25H28N6OS/c1-16(2)35-26-23-24(33-22-10-6-9-21(22)29-27(33)31(4)25(23)34)30-32(26)15-18-11-13-19(14-12-18)20-8-5-7-17(3)28-20;1-4-34-25-22-23(32-21-10-6-9-20(21)28-26(32)30(3)24(22)33)29-31(25)15-17-11-13-18(14-12-17)19-8-5-7-16(2)27-19;1-15(2)34-23-20-21(31-14-25(3,4)28-24(31)30(5)22(20)33)29-32(23)13-16-9-11-17(12-10-16)18-7-6-8-19(26)27-18;1-6-33-23-20-21(30-15-25(3,4)27-24(30)29(5)22(20)32)28-31(23)14-17-10-12-18(13-11-17)19-9-7-8-16(2)26-19/h5,7-8,11-14,16,21-22H,6,9-10,15H2,1-4H3;5,7-8,11-14,20-21H,4,6,9-10,15H2,1-3H3;6-12,15H,13-14H2,1-5H3;7-13H,6,14-15H2,1-5H3/t21-,22+;20-,21+;;/m11../s1. The molecule has 700 valence electrons. The van der Waals surface area contributed by atoms with Crippen LogP contribution in [0.2, 0.25) is 0 Å². The van der Waals surface area contributed by atoms with Gasteiger partial charge in [0.1, 0.15) is 42.4 Å². The van der Waals surface area contributed by atoms with Crippen LogP contribution in [0.1, 0.15) is 189 Å². The Balaban J connectivity index is 0.000000116. The smallest absolute Gasteiger partial charge is 0.266 e. The summed E-state index contributed by atoms with van der Waals surface area (Å²) < 4.78 is 21.4. The molecule has 28 nitrogen and oxygen atoms in total. The molecule has 0 radical (unpaired) electrons. The number of aromatic nitrogens is 12. The Morgan fingerprint density at radius 2 is 0.669 bits per heavy atom. The van der Waals surface area contributed by atoms with E-state index >= 15 is 0 Å². The minimum atomic E-state index is -0.498. The average Bonchev–Trinajstić information content (AvgIpc) is 1.55. The van der Waals surface area contributed by atoms with Crippen molar-refractivity contribution >= 4 is 118 Å². The van der Waals surface area contributed by atoms with Crippen LogP contribution in [0.4, 0.5) is 27.7 Å². The molecular formula is C103H113FN24O4S4. The van der Waals surface area contributed by atoms with Gasteiger partial charge in [0.05, 0.1) is 97.3 Å². The minimum Gasteiger partial charge on any atom is -0.292 e. The maximum absolute atomic E-state index is 13.5. The molecule has 2 saturated carbocycles. The van der Waals surface area contributed by atoms with Crippen LogP contribution >= 0.6 is 47.0 Å². The molecule has 8 aliphatic heterocycles. The molecule has 0 bridgehead atoms. The quantitative estimate of drug-likeness (QED) is 0.0507. The molecule has 10 aliphatic rings. The minimum absolute atomic E-state index is 0.00644. The summed E-state index contributed by atoms with van der Waals surface area (Å²) >= 11 is 6.70. The van der Waals surface area contributed by atoms with Crippen LogP contribution in [-0.2, 0) is 26.2 Å². The Bertz CT molecular complexity index is 6790. The zero-order valence-electron chi connectivity index (χ0n) is 79.9. The molecule has 2 fully saturated rings. The van der Waals surface area contributed by atoms with Gasteiger partial charge in [0, 0.05) is 78.0 Å². The molecule has 0 N–H and O–H groups in total. The van der Waals surface area contributed by atoms with Gasteiger partial charge in [-0.15, -0.1) is 47.0 Å². The first-order chi connectivity index (χ1) is 65.3. The molecular weight excluding hydrogens is 1780 g/mol. The number of hydrogen-bond acceptors (Lipinski definition) is 24. The summed E-state index contributed by atoms with van der Waals surface area (Å²) in [6.07, 6.45) is 6.70. The maximum Gasteiger partial charge on any atom is 0.266 e. The number of carbonyl (C=O) groups is 4. The van der Waals surface area contributed by atoms with E-state index in [4.69, 9.17) is 40.4 Å². The van der Waals surface area contributed by atoms with Gasteiger partial charge >= 0.3 is 0 Å². The van der Waals surface area contributed by atoms with Crippen LogP contribution < -0.4 is 19.6 Å². The van der Waals surface area contributed by atoms with Crippen molar-refractivity contribution in [2.45, 2.75) is 221 Å². The van der Waals surface area contributed by atoms with Gasteiger partial charge in [0.15, 0.2) is 23.3 Å². The molecule has 4 amide bonds. The van der Waals surface area contributed by atoms with Crippen molar-refractivity contribution in [3.05, 3.63) is 237 Å². The Kier molecular flexibility index (Phi) is 25.5. The summed E-state index contributed by atoms with van der Waals surface area (Å²) in [5.41, 5.74) is 17.3. The number of halogens is 1. The lowest BCUT2D eigenvalue weighted by Gasteiger charge is -2.34. The normalized spacial score (nSPS) is 18.8. The maximum atomic E-state index is 13.5. The number of nitrogens with zero attached hydrogens (tertiary/aromatic N) is 24. The summed E-state index contributed by atoms with van der Waals surface area (Å²) in [7, 11) is 7.26. The van der Waals surface area contributed by atoms with E-state index in [9.17, 15) is 23.6 Å². The molecule has 33 heteroatoms. The van der Waals surface area contributed by atoms with Crippen LogP contribution in [0.25, 0.3) is 45.0 Å². The first-order valence-corrected chi connectivity index (χ1v) is 50.5. The summed E-state index contributed by atoms with van der Waals surface area (Å²) in [4.78, 5) is 106. The highest BCUT2D eigenvalue weighted by Gasteiger charge is 2.53. The predicted molar refractivity (Wildman–Crippen MR) is 542 cm³/mol. The SMILES string of the molecule is CC(C)Sc1c2c(nn1Cc1ccc(-c3cccc(F)n3)cc1)N1CC(C)(C)N=C1N(C)C2=O.CCSc1c2c(nn1Cc1ccc(-c3cccc(C)n3)cc1)N1C(=N[C@@H]3CCC[C@@H]31)N(C)C2=O.CCSc1c2c(nn1Cc1ccc(-c3cccc(C)n3)cc1)N1CC(C)(C)N=C1N(C)C2=O.Cc1cccc(-c2ccc(Cn3nc4c(c3SC(C)C)C(=O)N(C)C3=N[C@@H]5CCC[C@@H]5N34)cc2)n1. The number of pyridine rings is 4. The number of guanidine groups is 4. The second-order valence-electron chi connectivity index (χ2n) is 37.8. The largest absolute Gasteiger partial charge is 0.292 e. The topological polar surface area (TPSA) is 266 Å². The first-order valence-electron chi connectivity index (χ1n) is 46.8. The fourth-order valence-corrected chi connectivity index (χ4v) is 23.0. The highest BCUT2D eigenvalue weighted by Crippen LogP contribution is 2.48. The molecule has 136 heavy (non-hydrogen) atoms. The summed E-state index contributed by atoms with van der Waals surface area (Å²) in [6, 6.07) is 57.4. The summed E-state index contributed by atoms with van der Waals surface area (Å²) in [5, 5.41) is 24.2. The lowest BCUT2D eigenvalue weighted by atomic mass is 10.1. The van der Waals surface area contributed by atoms with Gasteiger partial charge in [-0.1, -0.05) is 163 Å². The number of thioether (sulfide) groups is 4. The van der Waals surface area contributed by atoms with Crippen LogP contribution in [-0.4, -0.2) is 225 Å². The van der Waals surface area contributed by atoms with Gasteiger partial charge in [-0.05, 0) is 169 Å². The van der Waals surface area contributed by atoms with E-state index in [-0.39, 0.29) is 52.0 Å². The zero-order chi connectivity index (χ0) is 95.2. The molecule has 16 heterocycles. The molecule has 22 rings (SSSR count). The number of hydrogen-bond donors (Lipinski definition) is 0. The van der Waals surface area contributed by atoms with Gasteiger partial charge < -0.3 is 0 Å². The van der Waals surface area contributed by atoms with E-state index < -0.39 is 5.95 Å². The van der Waals surface area contributed by atoms with Crippen molar-refractivity contribution in [3.8, 4) is 45.0 Å². The van der Waals surface area contributed by atoms with Crippen LogP contribution in [0.5, 0.6) is 0 Å². The van der Waals surface area contributed by atoms with E-state index in [1.165, 1.54) is 18.9 Å². The van der Waals surface area contributed by atoms with Gasteiger partial charge in [-0.25, -0.2) is 25.0 Å². The van der Waals surface area contributed by atoms with Crippen molar-refractivity contribution in [2.75, 3.05) is 72.4 Å². The molecule has 8 aromatic heterocycles. The molecule has 0 spiro atoms. The van der Waals surface area contributed by atoms with Gasteiger partial charge in [0.25, 0.3) is 23.6 Å². The number of amides is 4. The van der Waals surface area contributed by atoms with E-state index in [1.54, 1.807) is 92.9 Å². The molecule has 4 aromatic carbocycles. The van der Waals surface area contributed by atoms with E-state index in [0.717, 1.165) is 176 Å². The Labute approximate surface area is 809 Å². The highest BCUT2D eigenvalue weighted by molar-refractivity contribution is 8.00. The van der Waals surface area contributed by atoms with Gasteiger partial charge in [-0.2, -0.15) is 24.8 Å². The fraction of sp³-hybridized carbons (Fsp3) is 0.379. The molecule has 4 atom stereocenters. The number of benzene rings is 4. The predicted octanol–water partition coefficient (Wildman–Crippen LogP) is 18.7. The fourth-order valence-electron chi connectivity index (χ4n) is 19.4. The lowest BCUT2D eigenvalue weighted by Crippen LogP contribution is -2.51.